The molecule has 3 aromatic rings. The van der Waals surface area contributed by atoms with E-state index >= 15 is 0 Å². The molecule has 0 fully saturated rings. The van der Waals surface area contributed by atoms with Crippen LogP contribution in [0.15, 0.2) is 43.0 Å². The van der Waals surface area contributed by atoms with E-state index in [0.717, 1.165) is 17.2 Å². The Morgan fingerprint density at radius 3 is 2.54 bits per heavy atom. The van der Waals surface area contributed by atoms with Crippen molar-refractivity contribution < 1.29 is 14.6 Å². The first-order valence-corrected chi connectivity index (χ1v) is 8.25. The van der Waals surface area contributed by atoms with Gasteiger partial charge in [-0.3, -0.25) is 0 Å². The van der Waals surface area contributed by atoms with Crippen LogP contribution in [0.3, 0.4) is 0 Å². The quantitative estimate of drug-likeness (QED) is 0.441. The molecule has 1 N–H and O–H groups in total. The van der Waals surface area contributed by atoms with Gasteiger partial charge in [0.15, 0.2) is 0 Å². The molecule has 26 heavy (non-hydrogen) atoms. The largest absolute Gasteiger partial charge is 0.505 e. The Labute approximate surface area is 151 Å². The lowest BCUT2D eigenvalue weighted by Crippen LogP contribution is -2.13. The number of phenolic OH excluding ortho intramolecular Hbond substituents is 1. The van der Waals surface area contributed by atoms with Gasteiger partial charge in [-0.1, -0.05) is 33.4 Å². The van der Waals surface area contributed by atoms with Gasteiger partial charge < -0.3 is 9.84 Å². The molecule has 6 heteroatoms. The average Bonchev–Trinajstić information content (AvgIpc) is 2.98. The molecule has 0 spiro atoms. The summed E-state index contributed by atoms with van der Waals surface area (Å²) in [6.45, 7) is 11.5. The molecular formula is C20H21N3O3. The van der Waals surface area contributed by atoms with Gasteiger partial charge in [-0.2, -0.15) is 0 Å². The molecule has 134 valence electrons. The highest BCUT2D eigenvalue weighted by Gasteiger charge is 2.22. The topological polar surface area (TPSA) is 77.2 Å². The predicted molar refractivity (Wildman–Crippen MR) is 99.8 cm³/mol. The van der Waals surface area contributed by atoms with Crippen molar-refractivity contribution in [1.82, 2.24) is 15.0 Å². The van der Waals surface area contributed by atoms with Crippen LogP contribution in [0.4, 0.5) is 0 Å². The summed E-state index contributed by atoms with van der Waals surface area (Å²) >= 11 is 0. The Hall–Kier alpha value is -3.15. The predicted octanol–water partition coefficient (Wildman–Crippen LogP) is 3.82. The van der Waals surface area contributed by atoms with Gasteiger partial charge >= 0.3 is 5.97 Å². The van der Waals surface area contributed by atoms with Crippen molar-refractivity contribution in [2.75, 3.05) is 0 Å². The van der Waals surface area contributed by atoms with E-state index in [1.165, 1.54) is 4.80 Å². The van der Waals surface area contributed by atoms with E-state index in [9.17, 15) is 9.90 Å². The molecule has 0 aliphatic rings. The summed E-state index contributed by atoms with van der Waals surface area (Å²) in [5, 5.41) is 19.6. The van der Waals surface area contributed by atoms with Crippen molar-refractivity contribution in [2.24, 2.45) is 0 Å². The normalized spacial score (nSPS) is 11.5. The third-order valence-electron chi connectivity index (χ3n) is 3.99. The number of carbonyl (C=O) groups is 1. The maximum atomic E-state index is 11.3. The van der Waals surface area contributed by atoms with Crippen LogP contribution in [0.25, 0.3) is 16.7 Å². The molecule has 0 aliphatic carbocycles. The number of carbonyl (C=O) groups excluding carboxylic acids is 1. The van der Waals surface area contributed by atoms with Crippen LogP contribution in [0.2, 0.25) is 0 Å². The Balaban J connectivity index is 2.10. The minimum absolute atomic E-state index is 0.154. The van der Waals surface area contributed by atoms with Gasteiger partial charge in [0.05, 0.1) is 0 Å². The molecule has 6 nitrogen and oxygen atoms in total. The summed E-state index contributed by atoms with van der Waals surface area (Å²) < 4.78 is 5.11. The minimum atomic E-state index is -0.539. The Morgan fingerprint density at radius 2 is 1.88 bits per heavy atom. The van der Waals surface area contributed by atoms with Crippen LogP contribution in [0.1, 0.15) is 31.9 Å². The summed E-state index contributed by atoms with van der Waals surface area (Å²) in [7, 11) is 0. The van der Waals surface area contributed by atoms with Crippen LogP contribution in [-0.2, 0) is 10.2 Å². The van der Waals surface area contributed by atoms with E-state index < -0.39 is 5.97 Å². The van der Waals surface area contributed by atoms with E-state index in [4.69, 9.17) is 4.74 Å². The van der Waals surface area contributed by atoms with Gasteiger partial charge in [0, 0.05) is 17.7 Å². The second kappa shape index (κ2) is 6.29. The molecule has 0 atom stereocenters. The van der Waals surface area contributed by atoms with E-state index in [2.05, 4.69) is 16.8 Å². The minimum Gasteiger partial charge on any atom is -0.505 e. The molecule has 0 aliphatic heterocycles. The van der Waals surface area contributed by atoms with Crippen LogP contribution < -0.4 is 4.74 Å². The number of phenols is 1. The first-order chi connectivity index (χ1) is 12.2. The van der Waals surface area contributed by atoms with Crippen LogP contribution in [0, 0.1) is 6.92 Å². The molecule has 1 aromatic heterocycles. The standard InChI is InChI=1S/C20H21N3O3/c1-6-18(24)26-13-7-8-15-16(11-13)22-23(21-15)17-10-12(2)9-14(19(17)25)20(3,4)5/h6-11,25H,1H2,2-5H3. The Bertz CT molecular complexity index is 1010. The maximum Gasteiger partial charge on any atom is 0.335 e. The van der Waals surface area contributed by atoms with Crippen molar-refractivity contribution in [3.05, 3.63) is 54.1 Å². The molecule has 0 bridgehead atoms. The highest BCUT2D eigenvalue weighted by Crippen LogP contribution is 2.36. The fourth-order valence-corrected chi connectivity index (χ4v) is 2.71. The van der Waals surface area contributed by atoms with E-state index in [1.54, 1.807) is 18.2 Å². The van der Waals surface area contributed by atoms with Gasteiger partial charge in [0.2, 0.25) is 0 Å². The third kappa shape index (κ3) is 3.31. The van der Waals surface area contributed by atoms with Crippen LogP contribution in [-0.4, -0.2) is 26.1 Å². The summed E-state index contributed by atoms with van der Waals surface area (Å²) in [6, 6.07) is 8.77. The van der Waals surface area contributed by atoms with Gasteiger partial charge in [-0.05, 0) is 36.1 Å². The van der Waals surface area contributed by atoms with Gasteiger partial charge in [0.1, 0.15) is 28.2 Å². The van der Waals surface area contributed by atoms with Gasteiger partial charge in [-0.25, -0.2) is 4.79 Å². The van der Waals surface area contributed by atoms with Crippen molar-refractivity contribution in [3.8, 4) is 17.2 Å². The molecule has 0 radical (unpaired) electrons. The van der Waals surface area contributed by atoms with E-state index in [1.807, 2.05) is 39.8 Å². The first-order valence-electron chi connectivity index (χ1n) is 8.25. The zero-order valence-corrected chi connectivity index (χ0v) is 15.3. The second-order valence-corrected chi connectivity index (χ2v) is 7.20. The molecule has 1 heterocycles. The van der Waals surface area contributed by atoms with E-state index in [0.29, 0.717) is 22.5 Å². The smallest absolute Gasteiger partial charge is 0.335 e. The van der Waals surface area contributed by atoms with Crippen molar-refractivity contribution in [1.29, 1.82) is 0 Å². The number of aromatic hydroxyl groups is 1. The molecule has 3 rings (SSSR count). The lowest BCUT2D eigenvalue weighted by Gasteiger charge is -2.22. The number of esters is 1. The van der Waals surface area contributed by atoms with Crippen molar-refractivity contribution in [3.63, 3.8) is 0 Å². The van der Waals surface area contributed by atoms with Crippen molar-refractivity contribution >= 4 is 17.0 Å². The monoisotopic (exact) mass is 351 g/mol. The maximum absolute atomic E-state index is 11.3. The fraction of sp³-hybridized carbons (Fsp3) is 0.250. The number of rotatable bonds is 3. The summed E-state index contributed by atoms with van der Waals surface area (Å²) in [5.74, 6) is -0.0251. The second-order valence-electron chi connectivity index (χ2n) is 7.20. The zero-order valence-electron chi connectivity index (χ0n) is 15.3. The molecular weight excluding hydrogens is 330 g/mol. The van der Waals surface area contributed by atoms with Crippen LogP contribution in [0.5, 0.6) is 11.5 Å². The number of aryl methyl sites for hydroxylation is 1. The highest BCUT2D eigenvalue weighted by atomic mass is 16.5. The lowest BCUT2D eigenvalue weighted by atomic mass is 9.85. The van der Waals surface area contributed by atoms with Gasteiger partial charge in [0.25, 0.3) is 0 Å². The highest BCUT2D eigenvalue weighted by molar-refractivity contribution is 5.84. The molecule has 2 aromatic carbocycles. The first kappa shape index (κ1) is 17.7. The number of benzene rings is 2. The number of aromatic nitrogens is 3. The van der Waals surface area contributed by atoms with Gasteiger partial charge in [-0.15, -0.1) is 15.0 Å². The van der Waals surface area contributed by atoms with Crippen LogP contribution >= 0.6 is 0 Å². The molecule has 0 saturated heterocycles. The summed E-state index contributed by atoms with van der Waals surface area (Å²) in [6.07, 6.45) is 1.10. The summed E-state index contributed by atoms with van der Waals surface area (Å²) in [4.78, 5) is 12.7. The number of fused-ring (bicyclic) bond motifs is 1. The molecule has 0 amide bonds. The van der Waals surface area contributed by atoms with Crippen molar-refractivity contribution in [2.45, 2.75) is 33.1 Å². The van der Waals surface area contributed by atoms with E-state index in [-0.39, 0.29) is 11.2 Å². The lowest BCUT2D eigenvalue weighted by molar-refractivity contribution is -0.128. The number of hydrogen-bond donors (Lipinski definition) is 1. The Morgan fingerprint density at radius 1 is 1.19 bits per heavy atom. The SMILES string of the molecule is C=CC(=O)Oc1ccc2nn(-c3cc(C)cc(C(C)(C)C)c3O)nc2c1. The number of hydrogen-bond acceptors (Lipinski definition) is 5. The Kier molecular flexibility index (Phi) is 4.28. The summed E-state index contributed by atoms with van der Waals surface area (Å²) in [5.41, 5.74) is 3.30. The molecule has 0 unspecified atom stereocenters. The fourth-order valence-electron chi connectivity index (χ4n) is 2.71. The molecule has 0 saturated carbocycles. The zero-order chi connectivity index (χ0) is 19.1. The number of nitrogens with zero attached hydrogens (tertiary/aromatic N) is 3. The third-order valence-corrected chi connectivity index (χ3v) is 3.99. The number of ether oxygens (including phenoxy) is 1. The average molecular weight is 351 g/mol.